The van der Waals surface area contributed by atoms with Gasteiger partial charge in [0, 0.05) is 32.8 Å². The molecule has 6 heteroatoms. The third-order valence-corrected chi connectivity index (χ3v) is 4.34. The second-order valence-corrected chi connectivity index (χ2v) is 5.99. The molecule has 1 amide bonds. The lowest BCUT2D eigenvalue weighted by molar-refractivity contribution is -0.130. The lowest BCUT2D eigenvalue weighted by atomic mass is 10.3. The van der Waals surface area contributed by atoms with Crippen LogP contribution in [0.25, 0.3) is 11.0 Å². The fourth-order valence-electron chi connectivity index (χ4n) is 3.02. The SMILES string of the molecule is CCn1c(=O)n(CCC(=O)N(C)Cc2ccccn2)c2ccccc21. The van der Waals surface area contributed by atoms with Crippen LogP contribution in [-0.2, 0) is 24.4 Å². The quantitative estimate of drug-likeness (QED) is 0.693. The van der Waals surface area contributed by atoms with E-state index >= 15 is 0 Å². The molecule has 0 spiro atoms. The molecule has 3 rings (SSSR count). The van der Waals surface area contributed by atoms with Crippen molar-refractivity contribution < 1.29 is 4.79 Å². The minimum absolute atomic E-state index is 0.00844. The van der Waals surface area contributed by atoms with Crippen molar-refractivity contribution in [3.05, 3.63) is 64.8 Å². The molecule has 0 N–H and O–H groups in total. The highest BCUT2D eigenvalue weighted by atomic mass is 16.2. The first-order chi connectivity index (χ1) is 12.1. The zero-order valence-electron chi connectivity index (χ0n) is 14.6. The minimum Gasteiger partial charge on any atom is -0.340 e. The van der Waals surface area contributed by atoms with Gasteiger partial charge in [0.25, 0.3) is 0 Å². The Morgan fingerprint density at radius 2 is 1.76 bits per heavy atom. The molecule has 2 heterocycles. The molecule has 0 aliphatic rings. The van der Waals surface area contributed by atoms with Crippen molar-refractivity contribution in [3.8, 4) is 0 Å². The Balaban J connectivity index is 1.73. The first-order valence-corrected chi connectivity index (χ1v) is 8.43. The first kappa shape index (κ1) is 17.0. The number of nitrogens with zero attached hydrogens (tertiary/aromatic N) is 4. The van der Waals surface area contributed by atoms with Gasteiger partial charge >= 0.3 is 5.69 Å². The minimum atomic E-state index is -0.0659. The number of aryl methyl sites for hydroxylation is 2. The second kappa shape index (κ2) is 7.34. The summed E-state index contributed by atoms with van der Waals surface area (Å²) in [6.45, 7) is 3.40. The van der Waals surface area contributed by atoms with Gasteiger partial charge in [-0.3, -0.25) is 18.9 Å². The van der Waals surface area contributed by atoms with Gasteiger partial charge in [0.05, 0.1) is 23.3 Å². The van der Waals surface area contributed by atoms with Gasteiger partial charge in [0.2, 0.25) is 5.91 Å². The van der Waals surface area contributed by atoms with E-state index in [-0.39, 0.29) is 18.0 Å². The van der Waals surface area contributed by atoms with Crippen molar-refractivity contribution in [2.24, 2.45) is 0 Å². The number of imidazole rings is 1. The van der Waals surface area contributed by atoms with Crippen LogP contribution in [0.4, 0.5) is 0 Å². The van der Waals surface area contributed by atoms with E-state index in [0.29, 0.717) is 19.6 Å². The number of benzene rings is 1. The van der Waals surface area contributed by atoms with Crippen LogP contribution >= 0.6 is 0 Å². The van der Waals surface area contributed by atoms with E-state index in [9.17, 15) is 9.59 Å². The standard InChI is InChI=1S/C19H22N4O2/c1-3-22-16-9-4-5-10-17(16)23(19(22)25)13-11-18(24)21(2)14-15-8-6-7-12-20-15/h4-10,12H,3,11,13-14H2,1-2H3. The zero-order chi connectivity index (χ0) is 17.8. The molecule has 1 aromatic carbocycles. The van der Waals surface area contributed by atoms with Crippen molar-refractivity contribution in [1.82, 2.24) is 19.0 Å². The summed E-state index contributed by atoms with van der Waals surface area (Å²) < 4.78 is 3.42. The number of para-hydroxylation sites is 2. The average Bonchev–Trinajstić information content (AvgIpc) is 2.91. The van der Waals surface area contributed by atoms with Crippen LogP contribution in [0, 0.1) is 0 Å². The third-order valence-electron chi connectivity index (χ3n) is 4.34. The molecule has 0 atom stereocenters. The Bertz CT molecular complexity index is 927. The van der Waals surface area contributed by atoms with Crippen LogP contribution in [0.2, 0.25) is 0 Å². The number of pyridine rings is 1. The molecule has 0 unspecified atom stereocenters. The maximum atomic E-state index is 12.6. The van der Waals surface area contributed by atoms with Gasteiger partial charge in [-0.15, -0.1) is 0 Å². The van der Waals surface area contributed by atoms with Crippen molar-refractivity contribution >= 4 is 16.9 Å². The molecule has 0 bridgehead atoms. The van der Waals surface area contributed by atoms with Gasteiger partial charge in [0.1, 0.15) is 0 Å². The Morgan fingerprint density at radius 1 is 1.08 bits per heavy atom. The van der Waals surface area contributed by atoms with E-state index < -0.39 is 0 Å². The number of fused-ring (bicyclic) bond motifs is 1. The highest BCUT2D eigenvalue weighted by Crippen LogP contribution is 2.13. The molecule has 25 heavy (non-hydrogen) atoms. The lowest BCUT2D eigenvalue weighted by Gasteiger charge is -2.16. The summed E-state index contributed by atoms with van der Waals surface area (Å²) in [7, 11) is 1.76. The predicted octanol–water partition coefficient (Wildman–Crippen LogP) is 2.27. The van der Waals surface area contributed by atoms with Crippen LogP contribution in [-0.4, -0.2) is 32.0 Å². The molecule has 0 aliphatic heterocycles. The highest BCUT2D eigenvalue weighted by molar-refractivity contribution is 5.78. The maximum absolute atomic E-state index is 12.6. The maximum Gasteiger partial charge on any atom is 0.329 e. The fraction of sp³-hybridized carbons (Fsp3) is 0.316. The predicted molar refractivity (Wildman–Crippen MR) is 97.2 cm³/mol. The molecule has 0 aliphatic carbocycles. The average molecular weight is 338 g/mol. The third kappa shape index (κ3) is 3.47. The Kier molecular flexibility index (Phi) is 4.97. The van der Waals surface area contributed by atoms with Gasteiger partial charge in [-0.05, 0) is 31.2 Å². The molecule has 6 nitrogen and oxygen atoms in total. The Morgan fingerprint density at radius 3 is 2.40 bits per heavy atom. The van der Waals surface area contributed by atoms with Crippen LogP contribution in [0.1, 0.15) is 19.0 Å². The van der Waals surface area contributed by atoms with Gasteiger partial charge in [0.15, 0.2) is 0 Å². The molecule has 3 aromatic rings. The molecular weight excluding hydrogens is 316 g/mol. The molecule has 0 saturated heterocycles. The van der Waals surface area contributed by atoms with E-state index in [4.69, 9.17) is 0 Å². The number of rotatable bonds is 6. The molecule has 0 radical (unpaired) electrons. The number of hydrogen-bond donors (Lipinski definition) is 0. The van der Waals surface area contributed by atoms with Crippen molar-refractivity contribution in [2.45, 2.75) is 33.0 Å². The summed E-state index contributed by atoms with van der Waals surface area (Å²) in [6, 6.07) is 13.3. The van der Waals surface area contributed by atoms with E-state index in [1.807, 2.05) is 49.4 Å². The Hall–Kier alpha value is -2.89. The van der Waals surface area contributed by atoms with Crippen LogP contribution in [0.15, 0.2) is 53.5 Å². The van der Waals surface area contributed by atoms with Crippen LogP contribution < -0.4 is 5.69 Å². The normalized spacial score (nSPS) is 11.0. The Labute approximate surface area is 146 Å². The van der Waals surface area contributed by atoms with Gasteiger partial charge in [-0.2, -0.15) is 0 Å². The smallest absolute Gasteiger partial charge is 0.329 e. The zero-order valence-corrected chi connectivity index (χ0v) is 14.6. The van der Waals surface area contributed by atoms with E-state index in [0.717, 1.165) is 16.7 Å². The van der Waals surface area contributed by atoms with Crippen molar-refractivity contribution in [1.29, 1.82) is 0 Å². The molecular formula is C19H22N4O2. The topological polar surface area (TPSA) is 60.1 Å². The first-order valence-electron chi connectivity index (χ1n) is 8.43. The monoisotopic (exact) mass is 338 g/mol. The van der Waals surface area contributed by atoms with Gasteiger partial charge in [-0.25, -0.2) is 4.79 Å². The summed E-state index contributed by atoms with van der Waals surface area (Å²) in [4.78, 5) is 30.9. The van der Waals surface area contributed by atoms with Crippen molar-refractivity contribution in [3.63, 3.8) is 0 Å². The summed E-state index contributed by atoms with van der Waals surface area (Å²) in [5.41, 5.74) is 2.56. The van der Waals surface area contributed by atoms with Crippen LogP contribution in [0.3, 0.4) is 0 Å². The lowest BCUT2D eigenvalue weighted by Crippen LogP contribution is -2.30. The van der Waals surface area contributed by atoms with Crippen LogP contribution in [0.5, 0.6) is 0 Å². The summed E-state index contributed by atoms with van der Waals surface area (Å²) in [5, 5.41) is 0. The number of hydrogen-bond acceptors (Lipinski definition) is 3. The summed E-state index contributed by atoms with van der Waals surface area (Å²) in [6.07, 6.45) is 1.99. The number of amides is 1. The van der Waals surface area contributed by atoms with E-state index in [1.54, 1.807) is 27.3 Å². The fourth-order valence-corrected chi connectivity index (χ4v) is 3.02. The molecule has 0 saturated carbocycles. The number of aromatic nitrogens is 3. The second-order valence-electron chi connectivity index (χ2n) is 5.99. The summed E-state index contributed by atoms with van der Waals surface area (Å²) >= 11 is 0. The van der Waals surface area contributed by atoms with Crippen molar-refractivity contribution in [2.75, 3.05) is 7.05 Å². The summed E-state index contributed by atoms with van der Waals surface area (Å²) in [5.74, 6) is -0.00844. The largest absolute Gasteiger partial charge is 0.340 e. The number of carbonyl (C=O) groups is 1. The molecule has 0 fully saturated rings. The highest BCUT2D eigenvalue weighted by Gasteiger charge is 2.14. The molecule has 130 valence electrons. The van der Waals surface area contributed by atoms with Gasteiger partial charge in [-0.1, -0.05) is 18.2 Å². The van der Waals surface area contributed by atoms with Gasteiger partial charge < -0.3 is 4.90 Å². The number of carbonyl (C=O) groups excluding carboxylic acids is 1. The van der Waals surface area contributed by atoms with E-state index in [1.165, 1.54) is 0 Å². The molecule has 2 aromatic heterocycles. The van der Waals surface area contributed by atoms with E-state index in [2.05, 4.69) is 4.98 Å².